The van der Waals surface area contributed by atoms with Crippen LogP contribution in [0.2, 0.25) is 0 Å². The number of nitrogens with zero attached hydrogens (tertiary/aromatic N) is 2. The van der Waals surface area contributed by atoms with Gasteiger partial charge in [0.25, 0.3) is 0 Å². The Morgan fingerprint density at radius 1 is 1.25 bits per heavy atom. The average molecular weight is 291 g/mol. The van der Waals surface area contributed by atoms with Crippen LogP contribution in [-0.4, -0.2) is 48.0 Å². The molecule has 1 heterocycles. The number of unbranched alkanes of at least 4 members (excludes halogenated alkanes) is 1. The number of hydrogen-bond donors (Lipinski definition) is 1. The number of rotatable bonds is 6. The molecule has 1 fully saturated rings. The molecule has 1 aliphatic rings. The Kier molecular flexibility index (Phi) is 5.95. The SMILES string of the molecule is CN1CCN(CCCCC(N)=S)C(c2ccccc2)C1. The zero-order valence-electron chi connectivity index (χ0n) is 12.3. The highest BCUT2D eigenvalue weighted by Crippen LogP contribution is 2.25. The molecular weight excluding hydrogens is 266 g/mol. The van der Waals surface area contributed by atoms with Gasteiger partial charge in [0.2, 0.25) is 0 Å². The first-order valence-electron chi connectivity index (χ1n) is 7.42. The maximum Gasteiger partial charge on any atom is 0.0727 e. The van der Waals surface area contributed by atoms with Crippen LogP contribution in [0.25, 0.3) is 0 Å². The number of piperazine rings is 1. The molecule has 1 aromatic rings. The van der Waals surface area contributed by atoms with Gasteiger partial charge < -0.3 is 10.6 Å². The third kappa shape index (κ3) is 4.54. The van der Waals surface area contributed by atoms with Gasteiger partial charge in [-0.25, -0.2) is 0 Å². The Morgan fingerprint density at radius 3 is 2.70 bits per heavy atom. The van der Waals surface area contributed by atoms with E-state index in [0.717, 1.165) is 39.0 Å². The van der Waals surface area contributed by atoms with Crippen molar-refractivity contribution in [2.24, 2.45) is 5.73 Å². The molecule has 1 aromatic carbocycles. The summed E-state index contributed by atoms with van der Waals surface area (Å²) in [5.41, 5.74) is 6.98. The van der Waals surface area contributed by atoms with Crippen LogP contribution in [-0.2, 0) is 0 Å². The molecule has 3 nitrogen and oxygen atoms in total. The number of benzene rings is 1. The maximum atomic E-state index is 5.56. The largest absolute Gasteiger partial charge is 0.393 e. The molecule has 0 saturated carbocycles. The first-order chi connectivity index (χ1) is 9.66. The van der Waals surface area contributed by atoms with E-state index < -0.39 is 0 Å². The van der Waals surface area contributed by atoms with Crippen molar-refractivity contribution in [3.8, 4) is 0 Å². The summed E-state index contributed by atoms with van der Waals surface area (Å²) in [6.45, 7) is 4.54. The third-order valence-corrected chi connectivity index (χ3v) is 4.20. The van der Waals surface area contributed by atoms with Crippen LogP contribution in [0.1, 0.15) is 30.9 Å². The fourth-order valence-electron chi connectivity index (χ4n) is 2.83. The monoisotopic (exact) mass is 291 g/mol. The Hall–Kier alpha value is -0.970. The van der Waals surface area contributed by atoms with E-state index in [0.29, 0.717) is 11.0 Å². The Balaban J connectivity index is 1.93. The van der Waals surface area contributed by atoms with Crippen molar-refractivity contribution in [1.29, 1.82) is 0 Å². The average Bonchev–Trinajstić information content (AvgIpc) is 2.45. The summed E-state index contributed by atoms with van der Waals surface area (Å²) in [6.07, 6.45) is 3.15. The first kappa shape index (κ1) is 15.4. The molecule has 0 radical (unpaired) electrons. The standard InChI is InChI=1S/C16H25N3S/c1-18-11-12-19(10-6-5-9-16(17)20)15(13-18)14-7-3-2-4-8-14/h2-4,7-8,15H,5-6,9-13H2,1H3,(H2,17,20). The molecular formula is C16H25N3S. The zero-order chi connectivity index (χ0) is 14.4. The van der Waals surface area contributed by atoms with E-state index in [1.165, 1.54) is 12.0 Å². The Bertz CT molecular complexity index is 421. The molecule has 2 rings (SSSR count). The van der Waals surface area contributed by atoms with Gasteiger partial charge in [0, 0.05) is 25.7 Å². The molecule has 20 heavy (non-hydrogen) atoms. The van der Waals surface area contributed by atoms with Crippen LogP contribution in [0.3, 0.4) is 0 Å². The van der Waals surface area contributed by atoms with Crippen LogP contribution in [0.4, 0.5) is 0 Å². The number of hydrogen-bond acceptors (Lipinski definition) is 3. The molecule has 2 N–H and O–H groups in total. The molecule has 0 amide bonds. The van der Waals surface area contributed by atoms with E-state index in [1.807, 2.05) is 0 Å². The summed E-state index contributed by atoms with van der Waals surface area (Å²) in [5.74, 6) is 0. The van der Waals surface area contributed by atoms with E-state index in [9.17, 15) is 0 Å². The third-order valence-electron chi connectivity index (χ3n) is 4.00. The van der Waals surface area contributed by atoms with Gasteiger partial charge in [0.05, 0.1) is 4.99 Å². The van der Waals surface area contributed by atoms with Crippen molar-refractivity contribution in [3.63, 3.8) is 0 Å². The van der Waals surface area contributed by atoms with Gasteiger partial charge in [-0.2, -0.15) is 0 Å². The normalized spacial score (nSPS) is 20.9. The van der Waals surface area contributed by atoms with Crippen molar-refractivity contribution in [2.75, 3.05) is 33.2 Å². The van der Waals surface area contributed by atoms with Crippen LogP contribution >= 0.6 is 12.2 Å². The first-order valence-corrected chi connectivity index (χ1v) is 7.83. The lowest BCUT2D eigenvalue weighted by atomic mass is 10.0. The molecule has 110 valence electrons. The van der Waals surface area contributed by atoms with E-state index in [1.54, 1.807) is 0 Å². The lowest BCUT2D eigenvalue weighted by molar-refractivity contribution is 0.0884. The van der Waals surface area contributed by atoms with Crippen LogP contribution in [0.15, 0.2) is 30.3 Å². The molecule has 1 unspecified atom stereocenters. The zero-order valence-corrected chi connectivity index (χ0v) is 13.1. The quantitative estimate of drug-likeness (QED) is 0.644. The minimum Gasteiger partial charge on any atom is -0.393 e. The minimum absolute atomic E-state index is 0.514. The van der Waals surface area contributed by atoms with Crippen molar-refractivity contribution in [2.45, 2.75) is 25.3 Å². The summed E-state index contributed by atoms with van der Waals surface area (Å²) < 4.78 is 0. The van der Waals surface area contributed by atoms with Crippen LogP contribution in [0.5, 0.6) is 0 Å². The van der Waals surface area contributed by atoms with Crippen molar-refractivity contribution < 1.29 is 0 Å². The summed E-state index contributed by atoms with van der Waals surface area (Å²) in [4.78, 5) is 5.67. The number of nitrogens with two attached hydrogens (primary N) is 1. The van der Waals surface area contributed by atoms with Gasteiger partial charge in [0.1, 0.15) is 0 Å². The van der Waals surface area contributed by atoms with E-state index in [-0.39, 0.29) is 0 Å². The lowest BCUT2D eigenvalue weighted by Gasteiger charge is -2.40. The molecule has 1 aliphatic heterocycles. The molecule has 1 saturated heterocycles. The van der Waals surface area contributed by atoms with Crippen LogP contribution < -0.4 is 5.73 Å². The maximum absolute atomic E-state index is 5.56. The smallest absolute Gasteiger partial charge is 0.0727 e. The van der Waals surface area contributed by atoms with Crippen LogP contribution in [0, 0.1) is 0 Å². The van der Waals surface area contributed by atoms with Gasteiger partial charge in [-0.1, -0.05) is 42.5 Å². The summed E-state index contributed by atoms with van der Waals surface area (Å²) in [6, 6.07) is 11.4. The van der Waals surface area contributed by atoms with Crippen molar-refractivity contribution in [3.05, 3.63) is 35.9 Å². The lowest BCUT2D eigenvalue weighted by Crippen LogP contribution is -2.47. The molecule has 1 atom stereocenters. The van der Waals surface area contributed by atoms with Gasteiger partial charge in [-0.05, 0) is 38.4 Å². The molecule has 0 aromatic heterocycles. The number of thiocarbonyl (C=S) groups is 1. The summed E-state index contributed by atoms with van der Waals surface area (Å²) in [5, 5.41) is 0. The molecule has 4 heteroatoms. The highest BCUT2D eigenvalue weighted by molar-refractivity contribution is 7.80. The number of likely N-dealkylation sites (N-methyl/N-ethyl adjacent to an activating group) is 1. The second-order valence-electron chi connectivity index (χ2n) is 5.65. The predicted molar refractivity (Wildman–Crippen MR) is 88.9 cm³/mol. The van der Waals surface area contributed by atoms with Gasteiger partial charge in [-0.15, -0.1) is 0 Å². The second kappa shape index (κ2) is 7.72. The highest BCUT2D eigenvalue weighted by Gasteiger charge is 2.25. The predicted octanol–water partition coefficient (Wildman–Crippen LogP) is 2.43. The van der Waals surface area contributed by atoms with Crippen molar-refractivity contribution >= 4 is 17.2 Å². The molecule has 0 aliphatic carbocycles. The van der Waals surface area contributed by atoms with Crippen molar-refractivity contribution in [1.82, 2.24) is 9.80 Å². The van der Waals surface area contributed by atoms with Gasteiger partial charge in [0.15, 0.2) is 0 Å². The fourth-order valence-corrected chi connectivity index (χ4v) is 2.97. The Morgan fingerprint density at radius 2 is 2.00 bits per heavy atom. The van der Waals surface area contributed by atoms with E-state index in [4.69, 9.17) is 18.0 Å². The summed E-state index contributed by atoms with van der Waals surface area (Å²) >= 11 is 4.94. The van der Waals surface area contributed by atoms with E-state index >= 15 is 0 Å². The second-order valence-corrected chi connectivity index (χ2v) is 6.17. The highest BCUT2D eigenvalue weighted by atomic mass is 32.1. The summed E-state index contributed by atoms with van der Waals surface area (Å²) in [7, 11) is 2.21. The van der Waals surface area contributed by atoms with E-state index in [2.05, 4.69) is 47.2 Å². The van der Waals surface area contributed by atoms with Gasteiger partial charge >= 0.3 is 0 Å². The fraction of sp³-hybridized carbons (Fsp3) is 0.562. The molecule has 0 spiro atoms. The van der Waals surface area contributed by atoms with Gasteiger partial charge in [-0.3, -0.25) is 4.90 Å². The Labute approximate surface area is 127 Å². The minimum atomic E-state index is 0.514. The molecule has 0 bridgehead atoms. The topological polar surface area (TPSA) is 32.5 Å².